The maximum absolute atomic E-state index is 11.4. The van der Waals surface area contributed by atoms with E-state index < -0.39 is 12.0 Å². The van der Waals surface area contributed by atoms with Gasteiger partial charge in [-0.2, -0.15) is 0 Å². The molecule has 0 fully saturated rings. The van der Waals surface area contributed by atoms with Crippen molar-refractivity contribution in [2.45, 2.75) is 37.5 Å². The highest BCUT2D eigenvalue weighted by Gasteiger charge is 2.14. The summed E-state index contributed by atoms with van der Waals surface area (Å²) in [6, 6.07) is -0.863. The number of rotatable bonds is 6. The Kier molecular flexibility index (Phi) is 4.76. The molecule has 0 aliphatic carbocycles. The van der Waals surface area contributed by atoms with E-state index in [1.54, 1.807) is 0 Å². The second kappa shape index (κ2) is 5.87. The van der Waals surface area contributed by atoms with E-state index in [0.29, 0.717) is 17.3 Å². The molecule has 8 heteroatoms. The second-order valence-electron chi connectivity index (χ2n) is 3.86. The molecular formula is C9H16N4O3S. The number of carbonyl (C=O) groups is 1. The third-order valence-electron chi connectivity index (χ3n) is 2.17. The maximum atomic E-state index is 11.4. The molecule has 1 aromatic rings. The van der Waals surface area contributed by atoms with Crippen molar-refractivity contribution >= 4 is 17.7 Å². The number of hydrogen-bond donors (Lipinski definition) is 3. The Morgan fingerprint density at radius 2 is 2.29 bits per heavy atom. The summed E-state index contributed by atoms with van der Waals surface area (Å²) in [5, 5.41) is 15.4. The van der Waals surface area contributed by atoms with Crippen molar-refractivity contribution in [3.63, 3.8) is 0 Å². The quantitative estimate of drug-likeness (QED) is 0.622. The monoisotopic (exact) mass is 260 g/mol. The van der Waals surface area contributed by atoms with Crippen LogP contribution in [0.3, 0.4) is 0 Å². The Hall–Kier alpha value is -1.28. The number of nitrogens with two attached hydrogens (primary N) is 1. The van der Waals surface area contributed by atoms with Crippen molar-refractivity contribution in [1.82, 2.24) is 14.8 Å². The van der Waals surface area contributed by atoms with Crippen LogP contribution in [0.15, 0.2) is 9.95 Å². The number of aliphatic carboxylic acids is 1. The molecule has 0 saturated carbocycles. The molecule has 1 aromatic heterocycles. The van der Waals surface area contributed by atoms with E-state index in [4.69, 9.17) is 10.8 Å². The number of carboxylic acids is 1. The van der Waals surface area contributed by atoms with Gasteiger partial charge in [0.2, 0.25) is 0 Å². The minimum Gasteiger partial charge on any atom is -0.480 e. The van der Waals surface area contributed by atoms with Gasteiger partial charge in [-0.1, -0.05) is 11.8 Å². The normalized spacial score (nSPS) is 12.9. The molecule has 0 aliphatic heterocycles. The van der Waals surface area contributed by atoms with Crippen LogP contribution in [-0.4, -0.2) is 37.6 Å². The highest BCUT2D eigenvalue weighted by Crippen LogP contribution is 2.17. The van der Waals surface area contributed by atoms with Crippen molar-refractivity contribution in [2.24, 2.45) is 5.73 Å². The molecule has 0 amide bonds. The molecular weight excluding hydrogens is 244 g/mol. The van der Waals surface area contributed by atoms with Gasteiger partial charge in [-0.3, -0.25) is 9.36 Å². The van der Waals surface area contributed by atoms with E-state index in [0.717, 1.165) is 0 Å². The van der Waals surface area contributed by atoms with Gasteiger partial charge in [0.1, 0.15) is 6.04 Å². The molecule has 1 heterocycles. The summed E-state index contributed by atoms with van der Waals surface area (Å²) in [5.74, 6) is -0.515. The van der Waals surface area contributed by atoms with Gasteiger partial charge in [0.25, 0.3) is 0 Å². The molecule has 0 bridgehead atoms. The number of aromatic amines is 1. The Morgan fingerprint density at radius 1 is 1.65 bits per heavy atom. The lowest BCUT2D eigenvalue weighted by Crippen LogP contribution is -2.30. The SMILES string of the molecule is CC(C)n1c(SCCC(N)C(=O)O)n[nH]c1=O. The van der Waals surface area contributed by atoms with Gasteiger partial charge >= 0.3 is 11.7 Å². The van der Waals surface area contributed by atoms with Crippen LogP contribution in [0, 0.1) is 0 Å². The molecule has 1 unspecified atom stereocenters. The number of nitrogens with one attached hydrogen (secondary N) is 1. The molecule has 0 radical (unpaired) electrons. The average Bonchev–Trinajstić information content (AvgIpc) is 2.59. The largest absolute Gasteiger partial charge is 0.480 e. The molecule has 1 rings (SSSR count). The number of hydrogen-bond acceptors (Lipinski definition) is 5. The van der Waals surface area contributed by atoms with E-state index in [1.807, 2.05) is 13.8 Å². The predicted molar refractivity (Wildman–Crippen MR) is 64.2 cm³/mol. The molecule has 4 N–H and O–H groups in total. The van der Waals surface area contributed by atoms with Crippen molar-refractivity contribution in [3.8, 4) is 0 Å². The van der Waals surface area contributed by atoms with Crippen LogP contribution in [0.1, 0.15) is 26.3 Å². The molecule has 17 heavy (non-hydrogen) atoms. The van der Waals surface area contributed by atoms with E-state index in [1.165, 1.54) is 16.3 Å². The summed E-state index contributed by atoms with van der Waals surface area (Å²) in [6.07, 6.45) is 0.332. The fraction of sp³-hybridized carbons (Fsp3) is 0.667. The maximum Gasteiger partial charge on any atom is 0.344 e. The fourth-order valence-corrected chi connectivity index (χ4v) is 2.35. The standard InChI is InChI=1S/C9H16N4O3S/c1-5(2)13-8(16)11-12-9(13)17-4-3-6(10)7(14)15/h5-6H,3-4,10H2,1-2H3,(H,11,16)(H,14,15). The third-order valence-corrected chi connectivity index (χ3v) is 3.15. The average molecular weight is 260 g/mol. The van der Waals surface area contributed by atoms with Gasteiger partial charge in [-0.15, -0.1) is 5.10 Å². The number of H-pyrrole nitrogens is 1. The summed E-state index contributed by atoms with van der Waals surface area (Å²) < 4.78 is 1.52. The van der Waals surface area contributed by atoms with Crippen molar-refractivity contribution in [1.29, 1.82) is 0 Å². The summed E-state index contributed by atoms with van der Waals surface area (Å²) in [5.41, 5.74) is 5.11. The zero-order valence-electron chi connectivity index (χ0n) is 9.71. The van der Waals surface area contributed by atoms with Crippen LogP contribution in [0.4, 0.5) is 0 Å². The zero-order valence-corrected chi connectivity index (χ0v) is 10.5. The predicted octanol–water partition coefficient (Wildman–Crippen LogP) is 0.0464. The number of nitrogens with zero attached hydrogens (tertiary/aromatic N) is 2. The Morgan fingerprint density at radius 3 is 2.82 bits per heavy atom. The van der Waals surface area contributed by atoms with Crippen LogP contribution >= 0.6 is 11.8 Å². The van der Waals surface area contributed by atoms with Crippen LogP contribution in [0.5, 0.6) is 0 Å². The molecule has 0 aromatic carbocycles. The lowest BCUT2D eigenvalue weighted by molar-refractivity contribution is -0.138. The first-order valence-corrected chi connectivity index (χ1v) is 6.20. The number of carboxylic acid groups (broad SMARTS) is 1. The van der Waals surface area contributed by atoms with E-state index in [-0.39, 0.29) is 11.7 Å². The molecule has 0 aliphatic rings. The van der Waals surface area contributed by atoms with Crippen molar-refractivity contribution in [3.05, 3.63) is 10.5 Å². The van der Waals surface area contributed by atoms with Gasteiger partial charge in [0, 0.05) is 11.8 Å². The number of thioether (sulfide) groups is 1. The summed E-state index contributed by atoms with van der Waals surface area (Å²) in [4.78, 5) is 21.9. The van der Waals surface area contributed by atoms with Crippen LogP contribution in [0.2, 0.25) is 0 Å². The fourth-order valence-electron chi connectivity index (χ4n) is 1.25. The first-order valence-electron chi connectivity index (χ1n) is 5.21. The van der Waals surface area contributed by atoms with Gasteiger partial charge < -0.3 is 10.8 Å². The third kappa shape index (κ3) is 3.60. The summed E-state index contributed by atoms with van der Waals surface area (Å²) in [6.45, 7) is 3.76. The first kappa shape index (κ1) is 13.8. The van der Waals surface area contributed by atoms with E-state index in [2.05, 4.69) is 10.2 Å². The molecule has 0 spiro atoms. The zero-order chi connectivity index (χ0) is 13.0. The molecule has 1 atom stereocenters. The Balaban J connectivity index is 2.58. The minimum absolute atomic E-state index is 0.0110. The van der Waals surface area contributed by atoms with Gasteiger partial charge in [-0.05, 0) is 20.3 Å². The molecule has 0 saturated heterocycles. The summed E-state index contributed by atoms with van der Waals surface area (Å²) in [7, 11) is 0. The van der Waals surface area contributed by atoms with Crippen LogP contribution in [-0.2, 0) is 4.79 Å². The van der Waals surface area contributed by atoms with Crippen LogP contribution < -0.4 is 11.4 Å². The second-order valence-corrected chi connectivity index (χ2v) is 4.92. The van der Waals surface area contributed by atoms with Crippen LogP contribution in [0.25, 0.3) is 0 Å². The Bertz CT molecular complexity index is 440. The summed E-state index contributed by atoms with van der Waals surface area (Å²) >= 11 is 1.32. The topological polar surface area (TPSA) is 114 Å². The van der Waals surface area contributed by atoms with Crippen molar-refractivity contribution in [2.75, 3.05) is 5.75 Å². The minimum atomic E-state index is -1.02. The highest BCUT2D eigenvalue weighted by atomic mass is 32.2. The molecule has 7 nitrogen and oxygen atoms in total. The van der Waals surface area contributed by atoms with Gasteiger partial charge in [0.05, 0.1) is 0 Å². The lowest BCUT2D eigenvalue weighted by Gasteiger charge is -2.09. The molecule has 96 valence electrons. The van der Waals surface area contributed by atoms with Crippen molar-refractivity contribution < 1.29 is 9.90 Å². The van der Waals surface area contributed by atoms with Gasteiger partial charge in [0.15, 0.2) is 5.16 Å². The number of aromatic nitrogens is 3. The highest BCUT2D eigenvalue weighted by molar-refractivity contribution is 7.99. The first-order chi connectivity index (χ1) is 7.93. The smallest absolute Gasteiger partial charge is 0.344 e. The lowest BCUT2D eigenvalue weighted by atomic mass is 10.2. The Labute approximate surface area is 102 Å². The van der Waals surface area contributed by atoms with E-state index >= 15 is 0 Å². The van der Waals surface area contributed by atoms with E-state index in [9.17, 15) is 9.59 Å². The van der Waals surface area contributed by atoms with Gasteiger partial charge in [-0.25, -0.2) is 9.89 Å².